The zero-order valence-corrected chi connectivity index (χ0v) is 10.8. The van der Waals surface area contributed by atoms with Crippen LogP contribution in [0.2, 0.25) is 0 Å². The van der Waals surface area contributed by atoms with Gasteiger partial charge in [0.15, 0.2) is 0 Å². The fourth-order valence-corrected chi connectivity index (χ4v) is 2.60. The Morgan fingerprint density at radius 2 is 2.00 bits per heavy atom. The number of nitrogens with one attached hydrogen (secondary N) is 1. The molecule has 1 atom stereocenters. The quantitative estimate of drug-likeness (QED) is 0.864. The summed E-state index contributed by atoms with van der Waals surface area (Å²) in [5.41, 5.74) is -0.115. The van der Waals surface area contributed by atoms with Crippen molar-refractivity contribution in [3.05, 3.63) is 35.9 Å². The Morgan fingerprint density at radius 3 is 2.55 bits per heavy atom. The Labute approximate surface area is 115 Å². The van der Waals surface area contributed by atoms with E-state index in [4.69, 9.17) is 9.47 Å². The molecule has 0 spiro atoms. The summed E-state index contributed by atoms with van der Waals surface area (Å²) in [5, 5.41) is 2.55. The molecule has 108 valence electrons. The smallest absolute Gasteiger partial charge is 0.407 e. The van der Waals surface area contributed by atoms with E-state index in [9.17, 15) is 13.6 Å². The molecular formula is C14H15F2NO3. The van der Waals surface area contributed by atoms with Gasteiger partial charge in [0.1, 0.15) is 12.7 Å². The van der Waals surface area contributed by atoms with Crippen LogP contribution in [0.15, 0.2) is 30.3 Å². The van der Waals surface area contributed by atoms with Gasteiger partial charge in [-0.25, -0.2) is 13.6 Å². The second-order valence-corrected chi connectivity index (χ2v) is 5.37. The summed E-state index contributed by atoms with van der Waals surface area (Å²) in [4.78, 5) is 11.7. The van der Waals surface area contributed by atoms with Crippen LogP contribution in [0.4, 0.5) is 13.6 Å². The number of alkyl halides is 2. The average molecular weight is 283 g/mol. The van der Waals surface area contributed by atoms with E-state index in [2.05, 4.69) is 5.32 Å². The number of carbonyl (C=O) groups excluding carboxylic acids is 1. The standard InChI is InChI=1S/C14H15F2NO3/c15-14(16)8-13(9-14,11-7-19-11)17-12(18)20-6-10-4-2-1-3-5-10/h1-5,11H,6-9H2,(H,17,18). The van der Waals surface area contributed by atoms with E-state index in [0.29, 0.717) is 6.61 Å². The van der Waals surface area contributed by atoms with E-state index in [1.165, 1.54) is 0 Å². The highest BCUT2D eigenvalue weighted by Gasteiger charge is 2.64. The number of benzene rings is 1. The third-order valence-electron chi connectivity index (χ3n) is 3.66. The molecule has 1 amide bonds. The third kappa shape index (κ3) is 2.75. The Kier molecular flexibility index (Phi) is 3.12. The molecule has 3 rings (SSSR count). The van der Waals surface area contributed by atoms with E-state index in [1.807, 2.05) is 30.3 Å². The van der Waals surface area contributed by atoms with Crippen molar-refractivity contribution in [1.82, 2.24) is 5.32 Å². The number of amides is 1. The summed E-state index contributed by atoms with van der Waals surface area (Å²) in [5.74, 6) is -2.72. The Hall–Kier alpha value is -1.69. The lowest BCUT2D eigenvalue weighted by atomic mass is 9.71. The summed E-state index contributed by atoms with van der Waals surface area (Å²) in [7, 11) is 0. The molecule has 2 aliphatic rings. The predicted molar refractivity (Wildman–Crippen MR) is 66.4 cm³/mol. The molecule has 1 heterocycles. The van der Waals surface area contributed by atoms with Crippen LogP contribution in [-0.2, 0) is 16.1 Å². The van der Waals surface area contributed by atoms with Gasteiger partial charge in [-0.3, -0.25) is 0 Å². The fraction of sp³-hybridized carbons (Fsp3) is 0.500. The number of halogens is 2. The van der Waals surface area contributed by atoms with Crippen LogP contribution in [0.5, 0.6) is 0 Å². The first kappa shape index (κ1) is 13.3. The minimum atomic E-state index is -2.72. The van der Waals surface area contributed by atoms with E-state index in [1.54, 1.807) is 0 Å². The molecule has 4 nitrogen and oxygen atoms in total. The van der Waals surface area contributed by atoms with Gasteiger partial charge in [0, 0.05) is 12.8 Å². The van der Waals surface area contributed by atoms with E-state index >= 15 is 0 Å². The maximum absolute atomic E-state index is 13.1. The van der Waals surface area contributed by atoms with E-state index in [-0.39, 0.29) is 25.6 Å². The van der Waals surface area contributed by atoms with Gasteiger partial charge in [-0.05, 0) is 5.56 Å². The molecule has 2 fully saturated rings. The normalized spacial score (nSPS) is 25.4. The highest BCUT2D eigenvalue weighted by atomic mass is 19.3. The zero-order valence-electron chi connectivity index (χ0n) is 10.8. The minimum Gasteiger partial charge on any atom is -0.445 e. The molecular weight excluding hydrogens is 268 g/mol. The third-order valence-corrected chi connectivity index (χ3v) is 3.66. The molecule has 1 unspecified atom stereocenters. The van der Waals surface area contributed by atoms with Crippen molar-refractivity contribution in [3.63, 3.8) is 0 Å². The fourth-order valence-electron chi connectivity index (χ4n) is 2.60. The van der Waals surface area contributed by atoms with Crippen molar-refractivity contribution < 1.29 is 23.0 Å². The maximum Gasteiger partial charge on any atom is 0.407 e. The lowest BCUT2D eigenvalue weighted by Gasteiger charge is -2.46. The summed E-state index contributed by atoms with van der Waals surface area (Å²) in [6, 6.07) is 9.18. The monoisotopic (exact) mass is 283 g/mol. The highest BCUT2D eigenvalue weighted by molar-refractivity contribution is 5.69. The van der Waals surface area contributed by atoms with Crippen molar-refractivity contribution in [2.75, 3.05) is 6.61 Å². The lowest BCUT2D eigenvalue weighted by Crippen LogP contribution is -2.65. The first-order chi connectivity index (χ1) is 9.49. The number of carbonyl (C=O) groups is 1. The number of epoxide rings is 1. The summed E-state index contributed by atoms with van der Waals surface area (Å²) < 4.78 is 36.3. The number of alkyl carbamates (subject to hydrolysis) is 1. The maximum atomic E-state index is 13.1. The van der Waals surface area contributed by atoms with Crippen LogP contribution in [0.25, 0.3) is 0 Å². The first-order valence-electron chi connectivity index (χ1n) is 6.47. The molecule has 1 saturated carbocycles. The zero-order chi connectivity index (χ0) is 14.2. The molecule has 1 aliphatic heterocycles. The summed E-state index contributed by atoms with van der Waals surface area (Å²) >= 11 is 0. The summed E-state index contributed by atoms with van der Waals surface area (Å²) in [6.07, 6.45) is -1.76. The van der Waals surface area contributed by atoms with Crippen molar-refractivity contribution >= 4 is 6.09 Å². The number of rotatable bonds is 4. The Morgan fingerprint density at radius 1 is 1.35 bits per heavy atom. The largest absolute Gasteiger partial charge is 0.445 e. The van der Waals surface area contributed by atoms with Gasteiger partial charge in [0.2, 0.25) is 0 Å². The van der Waals surface area contributed by atoms with Crippen LogP contribution in [0.1, 0.15) is 18.4 Å². The Balaban J connectivity index is 1.53. The minimum absolute atomic E-state index is 0.116. The van der Waals surface area contributed by atoms with E-state index < -0.39 is 17.6 Å². The van der Waals surface area contributed by atoms with Crippen molar-refractivity contribution in [1.29, 1.82) is 0 Å². The van der Waals surface area contributed by atoms with Gasteiger partial charge in [0.25, 0.3) is 5.92 Å². The van der Waals surface area contributed by atoms with Gasteiger partial charge in [0.05, 0.1) is 12.1 Å². The van der Waals surface area contributed by atoms with Crippen LogP contribution < -0.4 is 5.32 Å². The molecule has 20 heavy (non-hydrogen) atoms. The van der Waals surface area contributed by atoms with Gasteiger partial charge in [-0.1, -0.05) is 30.3 Å². The van der Waals surface area contributed by atoms with Crippen LogP contribution in [0, 0.1) is 0 Å². The predicted octanol–water partition coefficient (Wildman–Crippen LogP) is 2.48. The van der Waals surface area contributed by atoms with Crippen molar-refractivity contribution in [3.8, 4) is 0 Å². The van der Waals surface area contributed by atoms with Gasteiger partial charge in [-0.2, -0.15) is 0 Å². The van der Waals surface area contributed by atoms with Crippen molar-refractivity contribution in [2.45, 2.75) is 37.0 Å². The highest BCUT2D eigenvalue weighted by Crippen LogP contribution is 2.50. The first-order valence-corrected chi connectivity index (χ1v) is 6.47. The molecule has 0 aromatic heterocycles. The SMILES string of the molecule is O=C(NC1(C2CO2)CC(F)(F)C1)OCc1ccccc1. The number of ether oxygens (including phenoxy) is 2. The topological polar surface area (TPSA) is 50.9 Å². The van der Waals surface area contributed by atoms with E-state index in [0.717, 1.165) is 5.56 Å². The Bertz CT molecular complexity index is 494. The van der Waals surface area contributed by atoms with Crippen LogP contribution in [0.3, 0.4) is 0 Å². The molecule has 6 heteroatoms. The van der Waals surface area contributed by atoms with Crippen LogP contribution >= 0.6 is 0 Å². The average Bonchev–Trinajstić information content (AvgIpc) is 3.19. The van der Waals surface area contributed by atoms with Gasteiger partial charge >= 0.3 is 6.09 Å². The second-order valence-electron chi connectivity index (χ2n) is 5.37. The molecule has 1 saturated heterocycles. The second kappa shape index (κ2) is 4.70. The number of hydrogen-bond acceptors (Lipinski definition) is 3. The molecule has 1 aromatic carbocycles. The molecule has 0 radical (unpaired) electrons. The molecule has 1 aromatic rings. The van der Waals surface area contributed by atoms with Crippen LogP contribution in [-0.4, -0.2) is 30.3 Å². The molecule has 0 bridgehead atoms. The summed E-state index contributed by atoms with van der Waals surface area (Å²) in [6.45, 7) is 0.527. The van der Waals surface area contributed by atoms with Crippen molar-refractivity contribution in [2.24, 2.45) is 0 Å². The van der Waals surface area contributed by atoms with Gasteiger partial charge in [-0.15, -0.1) is 0 Å². The molecule has 1 N–H and O–H groups in total. The van der Waals surface area contributed by atoms with Gasteiger partial charge < -0.3 is 14.8 Å². The lowest BCUT2D eigenvalue weighted by molar-refractivity contribution is -0.138. The molecule has 1 aliphatic carbocycles. The number of hydrogen-bond donors (Lipinski definition) is 1.